The van der Waals surface area contributed by atoms with Gasteiger partial charge in [0.2, 0.25) is 0 Å². The van der Waals surface area contributed by atoms with E-state index in [4.69, 9.17) is 4.74 Å². The minimum Gasteiger partial charge on any atom is -0.381 e. The molecule has 0 bridgehead atoms. The first-order chi connectivity index (χ1) is 8.25. The highest BCUT2D eigenvalue weighted by atomic mass is 16.5. The van der Waals surface area contributed by atoms with E-state index in [9.17, 15) is 0 Å². The second-order valence-corrected chi connectivity index (χ2v) is 6.29. The van der Waals surface area contributed by atoms with Crippen LogP contribution in [0.5, 0.6) is 0 Å². The van der Waals surface area contributed by atoms with Crippen LogP contribution in [0.4, 0.5) is 0 Å². The molecule has 0 radical (unpaired) electrons. The first kappa shape index (κ1) is 13.4. The van der Waals surface area contributed by atoms with Crippen molar-refractivity contribution in [2.75, 3.05) is 19.8 Å². The SMILES string of the molecule is CC1CCC(NCCCOCC2CC2)CC1C. The van der Waals surface area contributed by atoms with Crippen LogP contribution in [0.25, 0.3) is 0 Å². The molecule has 2 nitrogen and oxygen atoms in total. The van der Waals surface area contributed by atoms with Crippen LogP contribution in [0.2, 0.25) is 0 Å². The van der Waals surface area contributed by atoms with Crippen molar-refractivity contribution in [1.82, 2.24) is 5.32 Å². The Balaban J connectivity index is 1.44. The van der Waals surface area contributed by atoms with Gasteiger partial charge in [-0.3, -0.25) is 0 Å². The fourth-order valence-electron chi connectivity index (χ4n) is 2.75. The smallest absolute Gasteiger partial charge is 0.0494 e. The molecule has 0 heterocycles. The van der Waals surface area contributed by atoms with Crippen LogP contribution in [0, 0.1) is 17.8 Å². The average molecular weight is 239 g/mol. The summed E-state index contributed by atoms with van der Waals surface area (Å²) in [5.41, 5.74) is 0. The van der Waals surface area contributed by atoms with Crippen LogP contribution < -0.4 is 5.32 Å². The average Bonchev–Trinajstić information content (AvgIpc) is 3.12. The van der Waals surface area contributed by atoms with E-state index < -0.39 is 0 Å². The lowest BCUT2D eigenvalue weighted by Gasteiger charge is -2.32. The molecule has 2 aliphatic carbocycles. The van der Waals surface area contributed by atoms with Crippen LogP contribution >= 0.6 is 0 Å². The molecule has 0 amide bonds. The molecule has 2 rings (SSSR count). The zero-order valence-electron chi connectivity index (χ0n) is 11.6. The van der Waals surface area contributed by atoms with Gasteiger partial charge in [0.15, 0.2) is 0 Å². The van der Waals surface area contributed by atoms with Crippen molar-refractivity contribution in [2.45, 2.75) is 58.4 Å². The van der Waals surface area contributed by atoms with E-state index in [1.54, 1.807) is 0 Å². The molecule has 0 aromatic carbocycles. The van der Waals surface area contributed by atoms with E-state index in [2.05, 4.69) is 19.2 Å². The molecule has 0 aromatic heterocycles. The molecular weight excluding hydrogens is 210 g/mol. The lowest BCUT2D eigenvalue weighted by atomic mass is 9.79. The summed E-state index contributed by atoms with van der Waals surface area (Å²) in [6.07, 6.45) is 8.11. The van der Waals surface area contributed by atoms with Crippen LogP contribution in [0.3, 0.4) is 0 Å². The van der Waals surface area contributed by atoms with Gasteiger partial charge in [0, 0.05) is 19.3 Å². The molecule has 0 aliphatic heterocycles. The number of ether oxygens (including phenoxy) is 1. The monoisotopic (exact) mass is 239 g/mol. The summed E-state index contributed by atoms with van der Waals surface area (Å²) >= 11 is 0. The van der Waals surface area contributed by atoms with Gasteiger partial charge >= 0.3 is 0 Å². The number of hydrogen-bond acceptors (Lipinski definition) is 2. The molecule has 2 saturated carbocycles. The van der Waals surface area contributed by atoms with Crippen molar-refractivity contribution in [3.63, 3.8) is 0 Å². The van der Waals surface area contributed by atoms with Gasteiger partial charge in [0.05, 0.1) is 0 Å². The van der Waals surface area contributed by atoms with Gasteiger partial charge in [0.1, 0.15) is 0 Å². The van der Waals surface area contributed by atoms with E-state index in [1.807, 2.05) is 0 Å². The predicted molar refractivity (Wildman–Crippen MR) is 72.1 cm³/mol. The molecule has 3 unspecified atom stereocenters. The highest BCUT2D eigenvalue weighted by Crippen LogP contribution is 2.29. The molecule has 0 aromatic rings. The molecule has 3 atom stereocenters. The van der Waals surface area contributed by atoms with Crippen molar-refractivity contribution in [3.8, 4) is 0 Å². The van der Waals surface area contributed by atoms with E-state index in [0.717, 1.165) is 43.6 Å². The summed E-state index contributed by atoms with van der Waals surface area (Å²) < 4.78 is 5.65. The van der Waals surface area contributed by atoms with Crippen molar-refractivity contribution in [1.29, 1.82) is 0 Å². The van der Waals surface area contributed by atoms with Crippen LogP contribution in [-0.4, -0.2) is 25.8 Å². The topological polar surface area (TPSA) is 21.3 Å². The Kier molecular flexibility index (Phi) is 5.30. The highest BCUT2D eigenvalue weighted by Gasteiger charge is 2.24. The molecule has 0 saturated heterocycles. The van der Waals surface area contributed by atoms with E-state index in [-0.39, 0.29) is 0 Å². The summed E-state index contributed by atoms with van der Waals surface area (Å²) in [6.45, 7) is 7.89. The summed E-state index contributed by atoms with van der Waals surface area (Å²) in [5.74, 6) is 2.73. The Morgan fingerprint density at radius 2 is 1.88 bits per heavy atom. The Morgan fingerprint density at radius 1 is 1.06 bits per heavy atom. The second-order valence-electron chi connectivity index (χ2n) is 6.29. The zero-order valence-corrected chi connectivity index (χ0v) is 11.6. The van der Waals surface area contributed by atoms with Gasteiger partial charge in [0.25, 0.3) is 0 Å². The van der Waals surface area contributed by atoms with Gasteiger partial charge in [-0.2, -0.15) is 0 Å². The zero-order chi connectivity index (χ0) is 12.1. The van der Waals surface area contributed by atoms with Gasteiger partial charge in [-0.05, 0) is 62.8 Å². The Hall–Kier alpha value is -0.0800. The normalized spacial score (nSPS) is 33.9. The maximum Gasteiger partial charge on any atom is 0.0494 e. The summed E-state index contributed by atoms with van der Waals surface area (Å²) in [6, 6.07) is 0.768. The summed E-state index contributed by atoms with van der Waals surface area (Å²) in [5, 5.41) is 3.70. The maximum atomic E-state index is 5.65. The molecule has 17 heavy (non-hydrogen) atoms. The summed E-state index contributed by atoms with van der Waals surface area (Å²) in [4.78, 5) is 0. The van der Waals surface area contributed by atoms with Crippen LogP contribution in [-0.2, 0) is 4.74 Å². The standard InChI is InChI=1S/C15H29NO/c1-12-4-7-15(10-13(12)2)16-8-3-9-17-11-14-5-6-14/h12-16H,3-11H2,1-2H3. The van der Waals surface area contributed by atoms with Crippen molar-refractivity contribution < 1.29 is 4.74 Å². The third-order valence-electron chi connectivity index (χ3n) is 4.55. The second kappa shape index (κ2) is 6.75. The fourth-order valence-corrected chi connectivity index (χ4v) is 2.75. The van der Waals surface area contributed by atoms with E-state index in [1.165, 1.54) is 38.5 Å². The van der Waals surface area contributed by atoms with Crippen LogP contribution in [0.15, 0.2) is 0 Å². The van der Waals surface area contributed by atoms with Gasteiger partial charge in [-0.25, -0.2) is 0 Å². The number of rotatable bonds is 7. The maximum absolute atomic E-state index is 5.65. The molecule has 2 heteroatoms. The lowest BCUT2D eigenvalue weighted by Crippen LogP contribution is -2.36. The predicted octanol–water partition coefficient (Wildman–Crippen LogP) is 3.22. The summed E-state index contributed by atoms with van der Waals surface area (Å²) in [7, 11) is 0. The molecule has 0 spiro atoms. The molecule has 2 aliphatic rings. The third-order valence-corrected chi connectivity index (χ3v) is 4.55. The Labute approximate surface area is 107 Å². The molecule has 1 N–H and O–H groups in total. The molecular formula is C15H29NO. The fraction of sp³-hybridized carbons (Fsp3) is 1.00. The van der Waals surface area contributed by atoms with Gasteiger partial charge < -0.3 is 10.1 Å². The Bertz CT molecular complexity index is 215. The molecule has 100 valence electrons. The van der Waals surface area contributed by atoms with E-state index in [0.29, 0.717) is 0 Å². The van der Waals surface area contributed by atoms with Crippen molar-refractivity contribution in [2.24, 2.45) is 17.8 Å². The minimum atomic E-state index is 0.768. The highest BCUT2D eigenvalue weighted by molar-refractivity contribution is 4.79. The largest absolute Gasteiger partial charge is 0.381 e. The first-order valence-electron chi connectivity index (χ1n) is 7.57. The van der Waals surface area contributed by atoms with Crippen LogP contribution in [0.1, 0.15) is 52.4 Å². The first-order valence-corrected chi connectivity index (χ1v) is 7.57. The third kappa shape index (κ3) is 4.97. The lowest BCUT2D eigenvalue weighted by molar-refractivity contribution is 0.120. The number of nitrogens with one attached hydrogen (secondary N) is 1. The van der Waals surface area contributed by atoms with Gasteiger partial charge in [-0.1, -0.05) is 13.8 Å². The Morgan fingerprint density at radius 3 is 2.59 bits per heavy atom. The minimum absolute atomic E-state index is 0.768. The van der Waals surface area contributed by atoms with Gasteiger partial charge in [-0.15, -0.1) is 0 Å². The number of hydrogen-bond donors (Lipinski definition) is 1. The quantitative estimate of drug-likeness (QED) is 0.689. The molecule has 2 fully saturated rings. The van der Waals surface area contributed by atoms with E-state index >= 15 is 0 Å². The van der Waals surface area contributed by atoms with Crippen molar-refractivity contribution >= 4 is 0 Å². The van der Waals surface area contributed by atoms with Crippen molar-refractivity contribution in [3.05, 3.63) is 0 Å².